The lowest BCUT2D eigenvalue weighted by atomic mass is 9.94. The first-order chi connectivity index (χ1) is 14.9. The van der Waals surface area contributed by atoms with Crippen LogP contribution in [0, 0.1) is 6.92 Å². The molecule has 1 aromatic carbocycles. The van der Waals surface area contributed by atoms with Crippen LogP contribution in [-0.2, 0) is 32.0 Å². The van der Waals surface area contributed by atoms with E-state index in [9.17, 15) is 14.7 Å². The number of rotatable bonds is 9. The van der Waals surface area contributed by atoms with E-state index in [-0.39, 0.29) is 36.3 Å². The lowest BCUT2D eigenvalue weighted by Crippen LogP contribution is -2.38. The van der Waals surface area contributed by atoms with Crippen LogP contribution in [0.5, 0.6) is 11.5 Å². The number of morpholine rings is 1. The Balaban J connectivity index is 0.00000363. The molecule has 2 aliphatic rings. The van der Waals surface area contributed by atoms with Crippen molar-refractivity contribution in [2.24, 2.45) is 0 Å². The Labute approximate surface area is 194 Å². The quantitative estimate of drug-likeness (QED) is 0.435. The van der Waals surface area contributed by atoms with Crippen molar-refractivity contribution in [2.75, 3.05) is 46.6 Å². The molecular formula is C23H32ClNO7. The third-order valence-corrected chi connectivity index (χ3v) is 5.80. The number of carbonyl (C=O) groups excluding carboxylic acids is 2. The van der Waals surface area contributed by atoms with Gasteiger partial charge in [-0.1, -0.05) is 11.6 Å². The zero-order chi connectivity index (χ0) is 22.4. The van der Waals surface area contributed by atoms with Crippen molar-refractivity contribution in [3.63, 3.8) is 0 Å². The number of aromatic hydroxyl groups is 1. The highest BCUT2D eigenvalue weighted by Gasteiger charge is 2.31. The number of carbonyl (C=O) groups is 2. The fourth-order valence-electron chi connectivity index (χ4n) is 3.89. The van der Waals surface area contributed by atoms with Crippen molar-refractivity contribution in [1.29, 1.82) is 0 Å². The van der Waals surface area contributed by atoms with Crippen molar-refractivity contribution in [1.82, 2.24) is 4.90 Å². The van der Waals surface area contributed by atoms with Crippen molar-refractivity contribution >= 4 is 24.3 Å². The van der Waals surface area contributed by atoms with E-state index >= 15 is 0 Å². The van der Waals surface area contributed by atoms with Gasteiger partial charge in [-0.25, -0.2) is 4.79 Å². The molecule has 1 fully saturated rings. The number of nitrogens with zero attached hydrogens (tertiary/aromatic N) is 1. The topological polar surface area (TPSA) is 94.5 Å². The minimum absolute atomic E-state index is 0. The third kappa shape index (κ3) is 6.15. The molecule has 0 saturated carbocycles. The van der Waals surface area contributed by atoms with Gasteiger partial charge in [0.1, 0.15) is 30.3 Å². The molecule has 3 rings (SSSR count). The molecule has 2 heterocycles. The molecule has 0 unspecified atom stereocenters. The van der Waals surface area contributed by atoms with Crippen LogP contribution in [0.25, 0.3) is 0 Å². The van der Waals surface area contributed by atoms with Gasteiger partial charge >= 0.3 is 11.9 Å². The summed E-state index contributed by atoms with van der Waals surface area (Å²) in [5.74, 6) is -0.273. The Morgan fingerprint density at radius 1 is 1.25 bits per heavy atom. The van der Waals surface area contributed by atoms with Crippen molar-refractivity contribution in [3.8, 4) is 11.5 Å². The molecule has 0 atom stereocenters. The van der Waals surface area contributed by atoms with Gasteiger partial charge in [0.25, 0.3) is 0 Å². The number of allylic oxidation sites excluding steroid dienone is 2. The molecule has 2 aliphatic heterocycles. The number of phenolic OH excluding ortho intramolecular Hbond substituents is 1. The van der Waals surface area contributed by atoms with Gasteiger partial charge in [0, 0.05) is 37.2 Å². The molecule has 8 nitrogen and oxygen atoms in total. The van der Waals surface area contributed by atoms with Crippen LogP contribution in [0.4, 0.5) is 0 Å². The van der Waals surface area contributed by atoms with Gasteiger partial charge in [0.2, 0.25) is 0 Å². The van der Waals surface area contributed by atoms with Crippen LogP contribution >= 0.6 is 12.4 Å². The van der Waals surface area contributed by atoms with Gasteiger partial charge in [-0.05, 0) is 32.3 Å². The van der Waals surface area contributed by atoms with Gasteiger partial charge in [0.15, 0.2) is 0 Å². The fraction of sp³-hybridized carbons (Fsp3) is 0.565. The molecule has 0 bridgehead atoms. The SMILES string of the molecule is COc1c(C)c2c(c(O)c1CC=C(C)CCC(=O)OCCN1CCOCC1)C(=O)OC2.Cl. The first-order valence-electron chi connectivity index (χ1n) is 10.6. The number of esters is 2. The standard InChI is InChI=1S/C23H31NO7.ClH/c1-15(5-7-19(25)30-13-10-24-8-11-29-12-9-24)4-6-17-21(26)20-18(14-31-23(20)27)16(2)22(17)28-3;/h4,26H,5-14H2,1-3H3;1H. The molecule has 1 aromatic rings. The van der Waals surface area contributed by atoms with Crippen molar-refractivity contribution < 1.29 is 33.6 Å². The largest absolute Gasteiger partial charge is 0.507 e. The number of fused-ring (bicyclic) bond motifs is 1. The molecule has 178 valence electrons. The smallest absolute Gasteiger partial charge is 0.342 e. The number of ether oxygens (including phenoxy) is 4. The number of hydrogen-bond donors (Lipinski definition) is 1. The lowest BCUT2D eigenvalue weighted by molar-refractivity contribution is -0.144. The Bertz CT molecular complexity index is 863. The maximum absolute atomic E-state index is 12.0. The summed E-state index contributed by atoms with van der Waals surface area (Å²) in [5.41, 5.74) is 3.23. The van der Waals surface area contributed by atoms with Gasteiger partial charge in [-0.15, -0.1) is 12.4 Å². The summed E-state index contributed by atoms with van der Waals surface area (Å²) in [6, 6.07) is 0. The molecule has 0 amide bonds. The molecule has 1 saturated heterocycles. The lowest BCUT2D eigenvalue weighted by Gasteiger charge is -2.26. The number of methoxy groups -OCH3 is 1. The predicted octanol–water partition coefficient (Wildman–Crippen LogP) is 2.95. The van der Waals surface area contributed by atoms with Crippen LogP contribution in [0.2, 0.25) is 0 Å². The number of hydrogen-bond acceptors (Lipinski definition) is 8. The summed E-state index contributed by atoms with van der Waals surface area (Å²) >= 11 is 0. The molecule has 0 aromatic heterocycles. The third-order valence-electron chi connectivity index (χ3n) is 5.80. The molecule has 1 N–H and O–H groups in total. The van der Waals surface area contributed by atoms with Crippen molar-refractivity contribution in [2.45, 2.75) is 39.7 Å². The number of benzene rings is 1. The average molecular weight is 470 g/mol. The van der Waals surface area contributed by atoms with Gasteiger partial charge in [-0.2, -0.15) is 0 Å². The first-order valence-corrected chi connectivity index (χ1v) is 10.6. The fourth-order valence-corrected chi connectivity index (χ4v) is 3.89. The van der Waals surface area contributed by atoms with E-state index in [1.807, 2.05) is 19.9 Å². The number of cyclic esters (lactones) is 1. The summed E-state index contributed by atoms with van der Waals surface area (Å²) in [6.45, 7) is 8.23. The Morgan fingerprint density at radius 2 is 1.97 bits per heavy atom. The molecule has 0 radical (unpaired) electrons. The molecule has 32 heavy (non-hydrogen) atoms. The maximum Gasteiger partial charge on any atom is 0.342 e. The number of halogens is 1. The summed E-state index contributed by atoms with van der Waals surface area (Å²) in [7, 11) is 1.54. The van der Waals surface area contributed by atoms with Crippen LogP contribution in [0.15, 0.2) is 11.6 Å². The minimum Gasteiger partial charge on any atom is -0.507 e. The predicted molar refractivity (Wildman–Crippen MR) is 121 cm³/mol. The van der Waals surface area contributed by atoms with Crippen molar-refractivity contribution in [3.05, 3.63) is 33.9 Å². The molecule has 0 aliphatic carbocycles. The van der Waals surface area contributed by atoms with Gasteiger partial charge in [-0.3, -0.25) is 9.69 Å². The maximum atomic E-state index is 12.0. The van der Waals surface area contributed by atoms with Crippen LogP contribution < -0.4 is 4.74 Å². The highest BCUT2D eigenvalue weighted by atomic mass is 35.5. The van der Waals surface area contributed by atoms with E-state index in [0.29, 0.717) is 42.7 Å². The van der Waals surface area contributed by atoms with E-state index in [4.69, 9.17) is 18.9 Å². The summed E-state index contributed by atoms with van der Waals surface area (Å²) < 4.78 is 21.2. The summed E-state index contributed by atoms with van der Waals surface area (Å²) in [6.07, 6.45) is 3.18. The average Bonchev–Trinajstić information content (AvgIpc) is 3.16. The molecule has 0 spiro atoms. The molecular weight excluding hydrogens is 438 g/mol. The minimum atomic E-state index is -0.514. The monoisotopic (exact) mass is 469 g/mol. The zero-order valence-electron chi connectivity index (χ0n) is 18.9. The van der Waals surface area contributed by atoms with Crippen LogP contribution in [0.3, 0.4) is 0 Å². The first kappa shape index (κ1) is 26.0. The van der Waals surface area contributed by atoms with E-state index in [2.05, 4.69) is 4.90 Å². The molecule has 9 heteroatoms. The number of phenols is 1. The Morgan fingerprint density at radius 3 is 2.66 bits per heavy atom. The van der Waals surface area contributed by atoms with Crippen LogP contribution in [-0.4, -0.2) is 68.5 Å². The Hall–Kier alpha value is -2.29. The summed E-state index contributed by atoms with van der Waals surface area (Å²) in [5, 5.41) is 10.7. The normalized spacial score (nSPS) is 16.2. The van der Waals surface area contributed by atoms with E-state index < -0.39 is 5.97 Å². The second kappa shape index (κ2) is 12.1. The highest BCUT2D eigenvalue weighted by Crippen LogP contribution is 2.42. The zero-order valence-corrected chi connectivity index (χ0v) is 19.7. The highest BCUT2D eigenvalue weighted by molar-refractivity contribution is 5.98. The second-order valence-electron chi connectivity index (χ2n) is 7.84. The van der Waals surface area contributed by atoms with E-state index in [0.717, 1.165) is 44.0 Å². The summed E-state index contributed by atoms with van der Waals surface area (Å²) in [4.78, 5) is 26.2. The Kier molecular flexibility index (Phi) is 9.81. The van der Waals surface area contributed by atoms with E-state index in [1.54, 1.807) is 7.11 Å². The van der Waals surface area contributed by atoms with Crippen LogP contribution in [0.1, 0.15) is 46.8 Å². The van der Waals surface area contributed by atoms with Gasteiger partial charge in [0.05, 0.1) is 20.3 Å². The van der Waals surface area contributed by atoms with Gasteiger partial charge < -0.3 is 24.1 Å². The van der Waals surface area contributed by atoms with E-state index in [1.165, 1.54) is 0 Å². The second-order valence-corrected chi connectivity index (χ2v) is 7.84.